The van der Waals surface area contributed by atoms with E-state index in [4.69, 9.17) is 39.9 Å². The second kappa shape index (κ2) is 9.70. The molecule has 0 spiro atoms. The van der Waals surface area contributed by atoms with Crippen molar-refractivity contribution in [3.8, 4) is 0 Å². The molecule has 0 bridgehead atoms. The van der Waals surface area contributed by atoms with E-state index in [-0.39, 0.29) is 0 Å². The van der Waals surface area contributed by atoms with Crippen LogP contribution in [0.3, 0.4) is 0 Å². The number of alkyl halides is 9. The number of aliphatic hydroxyl groups excluding tert-OH is 1. The topological polar surface area (TPSA) is 54.4 Å². The van der Waals surface area contributed by atoms with Gasteiger partial charge in [-0.15, -0.1) is 0 Å². The number of halogens is 9. The zero-order valence-corrected chi connectivity index (χ0v) is 13.0. The molecule has 0 amide bonds. The van der Waals surface area contributed by atoms with Crippen LogP contribution in [0.4, 0.5) is 26.3 Å². The van der Waals surface area contributed by atoms with E-state index in [1.54, 1.807) is 0 Å². The monoisotopic (exact) mass is 386 g/mol. The fourth-order valence-electron chi connectivity index (χ4n) is 0. The Labute approximate surface area is 131 Å². The van der Waals surface area contributed by atoms with E-state index < -0.39 is 33.8 Å². The zero-order chi connectivity index (χ0) is 18.2. The molecule has 0 saturated carbocycles. The van der Waals surface area contributed by atoms with E-state index in [0.717, 1.165) is 0 Å². The van der Waals surface area contributed by atoms with Crippen molar-refractivity contribution in [3.63, 3.8) is 0 Å². The maximum Gasteiger partial charge on any atom is 0.449 e. The Balaban J connectivity index is -0.000000231. The highest BCUT2D eigenvalue weighted by atomic mass is 35.6. The largest absolute Gasteiger partial charge is 0.449 e. The summed E-state index contributed by atoms with van der Waals surface area (Å²) in [5.41, 5.74) is 0. The highest BCUT2D eigenvalue weighted by molar-refractivity contribution is 6.76. The molecule has 0 aliphatic heterocycles. The molecule has 12 heteroatoms. The molecular formula is C9H11Cl3F6O3. The van der Waals surface area contributed by atoms with Crippen LogP contribution in [0.15, 0.2) is 0 Å². The van der Waals surface area contributed by atoms with Gasteiger partial charge in [0.1, 0.15) is 6.10 Å². The predicted molar refractivity (Wildman–Crippen MR) is 65.4 cm³/mol. The van der Waals surface area contributed by atoms with E-state index in [2.05, 4.69) is 0 Å². The third-order valence-corrected chi connectivity index (χ3v) is 2.07. The average Bonchev–Trinajstić information content (AvgIpc) is 2.14. The first-order chi connectivity index (χ1) is 8.83. The van der Waals surface area contributed by atoms with Crippen LogP contribution < -0.4 is 0 Å². The molecule has 0 aliphatic rings. The molecule has 0 radical (unpaired) electrons. The van der Waals surface area contributed by atoms with Gasteiger partial charge < -0.3 is 5.11 Å². The minimum absolute atomic E-state index is 0.461. The summed E-state index contributed by atoms with van der Waals surface area (Å²) in [6.07, 6.45) is -11.3. The van der Waals surface area contributed by atoms with Crippen LogP contribution in [-0.4, -0.2) is 38.9 Å². The molecule has 0 fully saturated rings. The Hall–Kier alpha value is -0.250. The Morgan fingerprint density at radius 1 is 0.905 bits per heavy atom. The molecule has 0 aromatic carbocycles. The van der Waals surface area contributed by atoms with Crippen molar-refractivity contribution >= 4 is 46.4 Å². The van der Waals surface area contributed by atoms with Crippen LogP contribution in [0.5, 0.6) is 0 Å². The highest BCUT2D eigenvalue weighted by Gasteiger charge is 2.34. The van der Waals surface area contributed by atoms with Gasteiger partial charge in [-0.05, 0) is 13.8 Å². The Bertz CT molecular complexity index is 309. The van der Waals surface area contributed by atoms with Gasteiger partial charge in [0, 0.05) is 6.92 Å². The molecule has 0 rings (SSSR count). The summed E-state index contributed by atoms with van der Waals surface area (Å²) in [5.74, 6) is -2.22. The predicted octanol–water partition coefficient (Wildman–Crippen LogP) is 4.01. The molecule has 0 aromatic rings. The molecule has 1 unspecified atom stereocenters. The quantitative estimate of drug-likeness (QED) is 0.505. The zero-order valence-electron chi connectivity index (χ0n) is 10.7. The highest BCUT2D eigenvalue weighted by Crippen LogP contribution is 2.26. The van der Waals surface area contributed by atoms with Crippen molar-refractivity contribution < 1.29 is 41.0 Å². The second-order valence-corrected chi connectivity index (χ2v) is 5.61. The van der Waals surface area contributed by atoms with Crippen LogP contribution in [0.1, 0.15) is 20.8 Å². The number of aliphatic hydroxyl groups is 1. The SMILES string of the molecule is CC(=O)C(Cl)(Cl)Cl.CC(=O)C(F)(F)F.CC(O)C(F)(F)F. The lowest BCUT2D eigenvalue weighted by atomic mass is 10.4. The molecule has 128 valence electrons. The average molecular weight is 388 g/mol. The molecular weight excluding hydrogens is 376 g/mol. The van der Waals surface area contributed by atoms with Crippen LogP contribution in [0.25, 0.3) is 0 Å². The van der Waals surface area contributed by atoms with E-state index in [1.807, 2.05) is 0 Å². The van der Waals surface area contributed by atoms with Gasteiger partial charge >= 0.3 is 12.4 Å². The van der Waals surface area contributed by atoms with Gasteiger partial charge in [-0.1, -0.05) is 34.8 Å². The van der Waals surface area contributed by atoms with Crippen LogP contribution >= 0.6 is 34.8 Å². The van der Waals surface area contributed by atoms with Crippen LogP contribution in [0, 0.1) is 0 Å². The Morgan fingerprint density at radius 3 is 1.05 bits per heavy atom. The number of carbonyl (C=O) groups excluding carboxylic acids is 2. The van der Waals surface area contributed by atoms with Crippen molar-refractivity contribution in [1.82, 2.24) is 0 Å². The Kier molecular flexibility index (Phi) is 11.9. The first-order valence-electron chi connectivity index (χ1n) is 4.73. The van der Waals surface area contributed by atoms with Crippen molar-refractivity contribution in [2.24, 2.45) is 0 Å². The number of Topliss-reactive ketones (excluding diaryl/α,β-unsaturated/α-hetero) is 2. The van der Waals surface area contributed by atoms with Crippen molar-refractivity contribution in [3.05, 3.63) is 0 Å². The first-order valence-corrected chi connectivity index (χ1v) is 5.87. The third-order valence-electron chi connectivity index (χ3n) is 1.27. The first kappa shape index (κ1) is 25.7. The van der Waals surface area contributed by atoms with E-state index >= 15 is 0 Å². The van der Waals surface area contributed by atoms with Crippen molar-refractivity contribution in [1.29, 1.82) is 0 Å². The summed E-state index contributed by atoms with van der Waals surface area (Å²) in [4.78, 5) is 19.4. The van der Waals surface area contributed by atoms with Gasteiger partial charge in [0.15, 0.2) is 5.78 Å². The molecule has 3 nitrogen and oxygen atoms in total. The summed E-state index contributed by atoms with van der Waals surface area (Å²) in [5, 5.41) is 7.76. The second-order valence-electron chi connectivity index (χ2n) is 3.33. The molecule has 0 saturated heterocycles. The van der Waals surface area contributed by atoms with Gasteiger partial charge in [0.25, 0.3) is 0 Å². The van der Waals surface area contributed by atoms with Gasteiger partial charge in [-0.2, -0.15) is 26.3 Å². The van der Waals surface area contributed by atoms with Crippen LogP contribution in [-0.2, 0) is 9.59 Å². The standard InChI is InChI=1S/C3H3Cl3O.C3H5F3O.C3H3F3O/c3*1-2(7)3(4,5)6/h1H3;2,7H,1H3;1H3. The number of hydrogen-bond donors (Lipinski definition) is 1. The fraction of sp³-hybridized carbons (Fsp3) is 0.778. The molecule has 0 aliphatic carbocycles. The maximum absolute atomic E-state index is 10.9. The van der Waals surface area contributed by atoms with E-state index in [1.165, 1.54) is 6.92 Å². The van der Waals surface area contributed by atoms with E-state index in [9.17, 15) is 35.9 Å². The summed E-state index contributed by atoms with van der Waals surface area (Å²) < 4.78 is 63.5. The minimum Gasteiger partial charge on any atom is -0.384 e. The van der Waals surface area contributed by atoms with Gasteiger partial charge in [0.05, 0.1) is 0 Å². The number of rotatable bonds is 0. The van der Waals surface area contributed by atoms with Crippen LogP contribution in [0.2, 0.25) is 0 Å². The smallest absolute Gasteiger partial charge is 0.384 e. The fourth-order valence-corrected chi connectivity index (χ4v) is 0. The summed E-state index contributed by atoms with van der Waals surface area (Å²) >= 11 is 15.1. The molecule has 1 N–H and O–H groups in total. The normalized spacial score (nSPS) is 13.2. The number of hydrogen-bond acceptors (Lipinski definition) is 3. The third kappa shape index (κ3) is 19.8. The lowest BCUT2D eigenvalue weighted by molar-refractivity contribution is -0.197. The van der Waals surface area contributed by atoms with E-state index in [0.29, 0.717) is 13.8 Å². The van der Waals surface area contributed by atoms with Gasteiger partial charge in [0.2, 0.25) is 9.58 Å². The molecule has 0 aromatic heterocycles. The molecule has 21 heavy (non-hydrogen) atoms. The minimum atomic E-state index is -4.64. The summed E-state index contributed by atoms with van der Waals surface area (Å²) in [7, 11) is 0. The number of carbonyl (C=O) groups is 2. The van der Waals surface area contributed by atoms with Crippen molar-refractivity contribution in [2.45, 2.75) is 43.0 Å². The summed E-state index contributed by atoms with van der Waals surface area (Å²) in [6, 6.07) is 0. The lowest BCUT2D eigenvalue weighted by Gasteiger charge is -2.06. The maximum atomic E-state index is 10.9. The van der Waals surface area contributed by atoms with Gasteiger partial charge in [-0.25, -0.2) is 0 Å². The summed E-state index contributed by atoms with van der Waals surface area (Å²) in [6.45, 7) is 2.38. The molecule has 1 atom stereocenters. The van der Waals surface area contributed by atoms with Crippen molar-refractivity contribution in [2.75, 3.05) is 0 Å². The lowest BCUT2D eigenvalue weighted by Crippen LogP contribution is -2.24. The van der Waals surface area contributed by atoms with Gasteiger partial charge in [-0.3, -0.25) is 9.59 Å². The Morgan fingerprint density at radius 2 is 1.05 bits per heavy atom. The molecule has 0 heterocycles. The number of ketones is 2.